The first-order chi connectivity index (χ1) is 13.7. The molecule has 2 rings (SSSR count). The van der Waals surface area contributed by atoms with Crippen molar-refractivity contribution in [1.29, 1.82) is 0 Å². The Balaban J connectivity index is 2.14. The number of nitrogens with zero attached hydrogens (tertiary/aromatic N) is 3. The van der Waals surface area contributed by atoms with Crippen LogP contribution in [0.3, 0.4) is 0 Å². The van der Waals surface area contributed by atoms with Crippen molar-refractivity contribution >= 4 is 12.0 Å². The smallest absolute Gasteiger partial charge is 0.425 e. The summed E-state index contributed by atoms with van der Waals surface area (Å²) >= 11 is 0. The highest BCUT2D eigenvalue weighted by Gasteiger charge is 2.33. The van der Waals surface area contributed by atoms with Crippen LogP contribution in [0.25, 0.3) is 0 Å². The fourth-order valence-electron chi connectivity index (χ4n) is 2.78. The molecule has 2 N–H and O–H groups in total. The number of benzene rings is 1. The van der Waals surface area contributed by atoms with Gasteiger partial charge in [-0.1, -0.05) is 36.4 Å². The number of aromatic nitrogens is 1. The van der Waals surface area contributed by atoms with Crippen LogP contribution in [0.4, 0.5) is 4.79 Å². The number of pyridine rings is 1. The lowest BCUT2D eigenvalue weighted by molar-refractivity contribution is -0.135. The minimum absolute atomic E-state index is 0.252. The topological polar surface area (TPSA) is 88.8 Å². The third-order valence-corrected chi connectivity index (χ3v) is 4.30. The standard InChI is InChI=1S/C22H30N4O3/c1-22(2,3)29-21(28)26(23)19(16-17-10-6-5-7-11-17)20(27)25(4)15-13-18-12-8-9-14-24-18/h5-12,14,19H,13,15-16,23H2,1-4H3. The van der Waals surface area contributed by atoms with Gasteiger partial charge in [0.25, 0.3) is 0 Å². The van der Waals surface area contributed by atoms with Crippen LogP contribution in [0.5, 0.6) is 0 Å². The summed E-state index contributed by atoms with van der Waals surface area (Å²) in [6.45, 7) is 5.73. The lowest BCUT2D eigenvalue weighted by Crippen LogP contribution is -2.55. The van der Waals surface area contributed by atoms with E-state index in [1.54, 1.807) is 38.9 Å². The van der Waals surface area contributed by atoms with Gasteiger partial charge in [-0.2, -0.15) is 0 Å². The van der Waals surface area contributed by atoms with Crippen LogP contribution in [0.15, 0.2) is 54.7 Å². The number of nitrogens with two attached hydrogens (primary N) is 1. The van der Waals surface area contributed by atoms with E-state index in [0.29, 0.717) is 19.4 Å². The molecule has 1 aromatic heterocycles. The largest absolute Gasteiger partial charge is 0.443 e. The van der Waals surface area contributed by atoms with Crippen LogP contribution in [0.2, 0.25) is 0 Å². The fourth-order valence-corrected chi connectivity index (χ4v) is 2.78. The molecule has 1 heterocycles. The number of carbonyl (C=O) groups excluding carboxylic acids is 2. The molecule has 1 aromatic carbocycles. The summed E-state index contributed by atoms with van der Waals surface area (Å²) in [5, 5.41) is 0.901. The monoisotopic (exact) mass is 398 g/mol. The highest BCUT2D eigenvalue weighted by Crippen LogP contribution is 2.14. The summed E-state index contributed by atoms with van der Waals surface area (Å²) in [6.07, 6.45) is 1.89. The number of hydrazine groups is 1. The van der Waals surface area contributed by atoms with Crippen LogP contribution < -0.4 is 5.84 Å². The molecule has 0 aliphatic rings. The van der Waals surface area contributed by atoms with E-state index in [-0.39, 0.29) is 5.91 Å². The van der Waals surface area contributed by atoms with E-state index < -0.39 is 17.7 Å². The quantitative estimate of drug-likeness (QED) is 0.440. The maximum atomic E-state index is 13.2. The Morgan fingerprint density at radius 1 is 1.10 bits per heavy atom. The third-order valence-electron chi connectivity index (χ3n) is 4.30. The molecule has 7 nitrogen and oxygen atoms in total. The van der Waals surface area contributed by atoms with E-state index in [0.717, 1.165) is 16.3 Å². The van der Waals surface area contributed by atoms with E-state index in [1.165, 1.54) is 0 Å². The first kappa shape index (κ1) is 22.4. The summed E-state index contributed by atoms with van der Waals surface area (Å²) < 4.78 is 5.36. The first-order valence-corrected chi connectivity index (χ1v) is 9.63. The Morgan fingerprint density at radius 3 is 2.34 bits per heavy atom. The normalized spacial score (nSPS) is 12.2. The molecule has 29 heavy (non-hydrogen) atoms. The van der Waals surface area contributed by atoms with Crippen molar-refractivity contribution < 1.29 is 14.3 Å². The van der Waals surface area contributed by atoms with Gasteiger partial charge in [0.2, 0.25) is 5.91 Å². The molecule has 2 amide bonds. The van der Waals surface area contributed by atoms with Gasteiger partial charge in [0.15, 0.2) is 0 Å². The minimum Gasteiger partial charge on any atom is -0.443 e. The third kappa shape index (κ3) is 7.19. The van der Waals surface area contributed by atoms with Crippen molar-refractivity contribution in [1.82, 2.24) is 14.9 Å². The van der Waals surface area contributed by atoms with Gasteiger partial charge in [0, 0.05) is 38.3 Å². The Kier molecular flexibility index (Phi) is 7.73. The second kappa shape index (κ2) is 10.0. The molecule has 0 saturated carbocycles. The summed E-state index contributed by atoms with van der Waals surface area (Å²) in [5.74, 6) is 5.81. The number of hydrogen-bond donors (Lipinski definition) is 1. The van der Waals surface area contributed by atoms with Gasteiger partial charge in [-0.25, -0.2) is 15.6 Å². The summed E-state index contributed by atoms with van der Waals surface area (Å²) in [7, 11) is 1.70. The molecule has 0 radical (unpaired) electrons. The van der Waals surface area contributed by atoms with Crippen LogP contribution in [-0.2, 0) is 22.4 Å². The number of hydrogen-bond acceptors (Lipinski definition) is 5. The summed E-state index contributed by atoms with van der Waals surface area (Å²) in [4.78, 5) is 31.5. The number of likely N-dealkylation sites (N-methyl/N-ethyl adjacent to an activating group) is 1. The molecular weight excluding hydrogens is 368 g/mol. The van der Waals surface area contributed by atoms with E-state index in [4.69, 9.17) is 10.6 Å². The van der Waals surface area contributed by atoms with Gasteiger partial charge in [0.05, 0.1) is 0 Å². The molecule has 0 spiro atoms. The molecule has 1 unspecified atom stereocenters. The number of carbonyl (C=O) groups is 2. The van der Waals surface area contributed by atoms with Gasteiger partial charge in [-0.3, -0.25) is 9.78 Å². The van der Waals surface area contributed by atoms with Crippen LogP contribution in [-0.4, -0.2) is 52.1 Å². The van der Waals surface area contributed by atoms with Crippen LogP contribution in [0, 0.1) is 0 Å². The van der Waals surface area contributed by atoms with Gasteiger partial charge in [-0.05, 0) is 38.5 Å². The Labute approximate surface area is 172 Å². The van der Waals surface area contributed by atoms with Crippen LogP contribution in [0.1, 0.15) is 32.0 Å². The highest BCUT2D eigenvalue weighted by atomic mass is 16.6. The molecule has 0 saturated heterocycles. The first-order valence-electron chi connectivity index (χ1n) is 9.63. The average molecular weight is 399 g/mol. The molecule has 0 aliphatic heterocycles. The van der Waals surface area contributed by atoms with E-state index >= 15 is 0 Å². The van der Waals surface area contributed by atoms with E-state index in [9.17, 15) is 9.59 Å². The highest BCUT2D eigenvalue weighted by molar-refractivity contribution is 5.85. The lowest BCUT2D eigenvalue weighted by atomic mass is 10.0. The van der Waals surface area contributed by atoms with Crippen molar-refractivity contribution in [2.24, 2.45) is 5.84 Å². The SMILES string of the molecule is CN(CCc1ccccn1)C(=O)C(Cc1ccccc1)N(N)C(=O)OC(C)(C)C. The van der Waals surface area contributed by atoms with Gasteiger partial charge < -0.3 is 9.64 Å². The maximum Gasteiger partial charge on any atom is 0.425 e. The van der Waals surface area contributed by atoms with Gasteiger partial charge in [0.1, 0.15) is 11.6 Å². The summed E-state index contributed by atoms with van der Waals surface area (Å²) in [6, 6.07) is 14.3. The van der Waals surface area contributed by atoms with Gasteiger partial charge >= 0.3 is 6.09 Å². The second-order valence-corrected chi connectivity index (χ2v) is 7.92. The average Bonchev–Trinajstić information content (AvgIpc) is 2.69. The Bertz CT molecular complexity index is 791. The fraction of sp³-hybridized carbons (Fsp3) is 0.409. The summed E-state index contributed by atoms with van der Waals surface area (Å²) in [5.41, 5.74) is 1.09. The zero-order valence-electron chi connectivity index (χ0n) is 17.5. The molecular formula is C22H30N4O3. The number of ether oxygens (including phenoxy) is 1. The minimum atomic E-state index is -0.874. The lowest BCUT2D eigenvalue weighted by Gasteiger charge is -2.32. The van der Waals surface area contributed by atoms with Crippen molar-refractivity contribution in [3.8, 4) is 0 Å². The second-order valence-electron chi connectivity index (χ2n) is 7.92. The zero-order chi connectivity index (χ0) is 21.4. The predicted octanol–water partition coefficient (Wildman–Crippen LogP) is 2.80. The molecule has 156 valence electrons. The van der Waals surface area contributed by atoms with Crippen molar-refractivity contribution in [2.45, 2.75) is 45.3 Å². The number of rotatable bonds is 7. The Hall–Kier alpha value is -2.93. The molecule has 2 aromatic rings. The maximum absolute atomic E-state index is 13.2. The van der Waals surface area contributed by atoms with Crippen LogP contribution >= 0.6 is 0 Å². The molecule has 1 atom stereocenters. The molecule has 0 fully saturated rings. The molecule has 7 heteroatoms. The van der Waals surface area contributed by atoms with E-state index in [1.807, 2.05) is 48.5 Å². The molecule has 0 bridgehead atoms. The Morgan fingerprint density at radius 2 is 1.76 bits per heavy atom. The number of amides is 2. The van der Waals surface area contributed by atoms with Gasteiger partial charge in [-0.15, -0.1) is 0 Å². The predicted molar refractivity (Wildman–Crippen MR) is 112 cm³/mol. The van der Waals surface area contributed by atoms with E-state index in [2.05, 4.69) is 4.98 Å². The van der Waals surface area contributed by atoms with Crippen molar-refractivity contribution in [3.63, 3.8) is 0 Å². The zero-order valence-corrected chi connectivity index (χ0v) is 17.5. The molecule has 0 aliphatic carbocycles. The van der Waals surface area contributed by atoms with Crippen molar-refractivity contribution in [3.05, 3.63) is 66.0 Å². The van der Waals surface area contributed by atoms with Crippen molar-refractivity contribution in [2.75, 3.05) is 13.6 Å².